The van der Waals surface area contributed by atoms with Gasteiger partial charge in [-0.3, -0.25) is 0 Å². The van der Waals surface area contributed by atoms with E-state index in [1.807, 2.05) is 6.07 Å². The smallest absolute Gasteiger partial charge is 0.223 e. The first kappa shape index (κ1) is 14.7. The molecule has 1 aromatic heterocycles. The van der Waals surface area contributed by atoms with Crippen LogP contribution in [0.15, 0.2) is 31.7 Å². The van der Waals surface area contributed by atoms with Gasteiger partial charge in [0.25, 0.3) is 0 Å². The highest BCUT2D eigenvalue weighted by molar-refractivity contribution is 9.11. The van der Waals surface area contributed by atoms with Crippen molar-refractivity contribution >= 4 is 31.9 Å². The topological polar surface area (TPSA) is 51.0 Å². The fraction of sp³-hybridized carbons (Fsp3) is 0.385. The molecule has 1 aromatic carbocycles. The standard InChI is InChI=1S/C13H15Br2N3O/c1-8(11-4-3-10(14)7-12(11)15)16-6-5-13-17-9(2)19-18-13/h3-4,7-8,16H,5-6H2,1-2H3. The Kier molecular flexibility index (Phi) is 5.13. The van der Waals surface area contributed by atoms with Crippen LogP contribution in [0.5, 0.6) is 0 Å². The third kappa shape index (κ3) is 4.12. The van der Waals surface area contributed by atoms with E-state index in [1.54, 1.807) is 6.92 Å². The fourth-order valence-electron chi connectivity index (χ4n) is 1.81. The minimum atomic E-state index is 0.260. The second-order valence-corrected chi connectivity index (χ2v) is 6.09. The number of rotatable bonds is 5. The van der Waals surface area contributed by atoms with Gasteiger partial charge in [-0.05, 0) is 24.6 Å². The molecule has 0 bridgehead atoms. The molecule has 6 heteroatoms. The van der Waals surface area contributed by atoms with Crippen molar-refractivity contribution in [1.82, 2.24) is 15.5 Å². The van der Waals surface area contributed by atoms with Crippen LogP contribution in [0.1, 0.15) is 30.2 Å². The summed E-state index contributed by atoms with van der Waals surface area (Å²) in [6.07, 6.45) is 0.760. The second kappa shape index (κ2) is 6.63. The SMILES string of the molecule is Cc1nc(CCNC(C)c2ccc(Br)cc2Br)no1. The molecule has 0 spiro atoms. The van der Waals surface area contributed by atoms with Crippen molar-refractivity contribution in [1.29, 1.82) is 0 Å². The van der Waals surface area contributed by atoms with Gasteiger partial charge in [0.2, 0.25) is 5.89 Å². The number of aryl methyl sites for hydroxylation is 1. The molecule has 2 rings (SSSR count). The zero-order valence-electron chi connectivity index (χ0n) is 10.8. The number of hydrogen-bond donors (Lipinski definition) is 1. The van der Waals surface area contributed by atoms with Crippen LogP contribution in [0.4, 0.5) is 0 Å². The summed E-state index contributed by atoms with van der Waals surface area (Å²) in [4.78, 5) is 4.18. The summed E-state index contributed by atoms with van der Waals surface area (Å²) in [6, 6.07) is 6.46. The van der Waals surface area contributed by atoms with Gasteiger partial charge >= 0.3 is 0 Å². The molecule has 1 atom stereocenters. The van der Waals surface area contributed by atoms with E-state index in [1.165, 1.54) is 5.56 Å². The molecule has 19 heavy (non-hydrogen) atoms. The Morgan fingerprint density at radius 1 is 1.37 bits per heavy atom. The van der Waals surface area contributed by atoms with Crippen LogP contribution in [0.25, 0.3) is 0 Å². The second-order valence-electron chi connectivity index (χ2n) is 4.32. The molecule has 1 N–H and O–H groups in total. The first-order valence-electron chi connectivity index (χ1n) is 6.04. The normalized spacial score (nSPS) is 12.6. The Labute approximate surface area is 129 Å². The molecule has 4 nitrogen and oxygen atoms in total. The molecule has 102 valence electrons. The summed E-state index contributed by atoms with van der Waals surface area (Å²) in [5.41, 5.74) is 1.23. The first-order valence-corrected chi connectivity index (χ1v) is 7.62. The molecule has 0 aliphatic carbocycles. The minimum Gasteiger partial charge on any atom is -0.340 e. The van der Waals surface area contributed by atoms with Gasteiger partial charge in [-0.1, -0.05) is 43.1 Å². The zero-order valence-corrected chi connectivity index (χ0v) is 14.0. The third-order valence-electron chi connectivity index (χ3n) is 2.80. The van der Waals surface area contributed by atoms with Crippen molar-refractivity contribution in [3.05, 3.63) is 44.4 Å². The fourth-order valence-corrected chi connectivity index (χ4v) is 3.20. The average Bonchev–Trinajstić information content (AvgIpc) is 2.75. The van der Waals surface area contributed by atoms with Crippen molar-refractivity contribution in [3.8, 4) is 0 Å². The van der Waals surface area contributed by atoms with E-state index in [4.69, 9.17) is 4.52 Å². The quantitative estimate of drug-likeness (QED) is 0.846. The van der Waals surface area contributed by atoms with Gasteiger partial charge in [0.15, 0.2) is 5.82 Å². The molecule has 0 aliphatic heterocycles. The van der Waals surface area contributed by atoms with Crippen LogP contribution in [-0.2, 0) is 6.42 Å². The number of nitrogens with zero attached hydrogens (tertiary/aromatic N) is 2. The highest BCUT2D eigenvalue weighted by Crippen LogP contribution is 2.26. The molecule has 0 radical (unpaired) electrons. The summed E-state index contributed by atoms with van der Waals surface area (Å²) in [5.74, 6) is 1.35. The lowest BCUT2D eigenvalue weighted by Gasteiger charge is -2.15. The largest absolute Gasteiger partial charge is 0.340 e. The molecule has 0 aliphatic rings. The van der Waals surface area contributed by atoms with Crippen molar-refractivity contribution in [2.24, 2.45) is 0 Å². The van der Waals surface area contributed by atoms with Crippen LogP contribution in [0.2, 0.25) is 0 Å². The Hall–Kier alpha value is -0.720. The lowest BCUT2D eigenvalue weighted by atomic mass is 10.1. The molecule has 1 unspecified atom stereocenters. The molecule has 0 amide bonds. The van der Waals surface area contributed by atoms with E-state index in [-0.39, 0.29) is 6.04 Å². The zero-order chi connectivity index (χ0) is 13.8. The van der Waals surface area contributed by atoms with Gasteiger partial charge in [-0.25, -0.2) is 0 Å². The molecular weight excluding hydrogens is 374 g/mol. The summed E-state index contributed by atoms with van der Waals surface area (Å²) in [7, 11) is 0. The molecule has 0 fully saturated rings. The van der Waals surface area contributed by atoms with Gasteiger partial charge in [0.1, 0.15) is 0 Å². The van der Waals surface area contributed by atoms with E-state index < -0.39 is 0 Å². The monoisotopic (exact) mass is 387 g/mol. The number of halogens is 2. The van der Waals surface area contributed by atoms with Gasteiger partial charge in [0, 0.05) is 34.9 Å². The van der Waals surface area contributed by atoms with Crippen LogP contribution in [0, 0.1) is 6.92 Å². The van der Waals surface area contributed by atoms with Crippen LogP contribution >= 0.6 is 31.9 Å². The number of aromatic nitrogens is 2. The van der Waals surface area contributed by atoms with E-state index in [2.05, 4.69) is 66.4 Å². The maximum atomic E-state index is 4.94. The maximum Gasteiger partial charge on any atom is 0.223 e. The summed E-state index contributed by atoms with van der Waals surface area (Å²) in [5, 5.41) is 7.32. The Morgan fingerprint density at radius 3 is 2.79 bits per heavy atom. The van der Waals surface area contributed by atoms with Crippen LogP contribution in [-0.4, -0.2) is 16.7 Å². The molecule has 0 saturated heterocycles. The molecule has 0 saturated carbocycles. The molecular formula is C13H15Br2N3O. The minimum absolute atomic E-state index is 0.260. The maximum absolute atomic E-state index is 4.94. The highest BCUT2D eigenvalue weighted by atomic mass is 79.9. The van der Waals surface area contributed by atoms with E-state index in [9.17, 15) is 0 Å². The van der Waals surface area contributed by atoms with Crippen molar-refractivity contribution < 1.29 is 4.52 Å². The van der Waals surface area contributed by atoms with Crippen molar-refractivity contribution in [2.75, 3.05) is 6.54 Å². The van der Waals surface area contributed by atoms with Crippen molar-refractivity contribution in [2.45, 2.75) is 26.3 Å². The Balaban J connectivity index is 1.88. The van der Waals surface area contributed by atoms with E-state index >= 15 is 0 Å². The van der Waals surface area contributed by atoms with Gasteiger partial charge in [-0.15, -0.1) is 0 Å². The van der Waals surface area contributed by atoms with Gasteiger partial charge < -0.3 is 9.84 Å². The average molecular weight is 389 g/mol. The van der Waals surface area contributed by atoms with Crippen molar-refractivity contribution in [3.63, 3.8) is 0 Å². The number of nitrogens with one attached hydrogen (secondary N) is 1. The van der Waals surface area contributed by atoms with Gasteiger partial charge in [-0.2, -0.15) is 4.98 Å². The lowest BCUT2D eigenvalue weighted by Crippen LogP contribution is -2.22. The first-order chi connectivity index (χ1) is 9.06. The molecule has 1 heterocycles. The van der Waals surface area contributed by atoms with E-state index in [0.29, 0.717) is 5.89 Å². The Morgan fingerprint density at radius 2 is 2.16 bits per heavy atom. The Bertz CT molecular complexity index is 557. The predicted molar refractivity (Wildman–Crippen MR) is 81.0 cm³/mol. The highest BCUT2D eigenvalue weighted by Gasteiger charge is 2.09. The third-order valence-corrected chi connectivity index (χ3v) is 3.98. The summed E-state index contributed by atoms with van der Waals surface area (Å²) in [6.45, 7) is 4.74. The predicted octanol–water partition coefficient (Wildman–Crippen LogP) is 3.80. The van der Waals surface area contributed by atoms with Crippen LogP contribution < -0.4 is 5.32 Å². The number of hydrogen-bond acceptors (Lipinski definition) is 4. The lowest BCUT2D eigenvalue weighted by molar-refractivity contribution is 0.386. The van der Waals surface area contributed by atoms with E-state index in [0.717, 1.165) is 27.7 Å². The summed E-state index contributed by atoms with van der Waals surface area (Å²) >= 11 is 7.03. The summed E-state index contributed by atoms with van der Waals surface area (Å²) < 4.78 is 7.10. The van der Waals surface area contributed by atoms with Gasteiger partial charge in [0.05, 0.1) is 0 Å². The number of benzene rings is 1. The van der Waals surface area contributed by atoms with Crippen LogP contribution in [0.3, 0.4) is 0 Å². The molecule has 2 aromatic rings.